The zero-order chi connectivity index (χ0) is 12.7. The lowest BCUT2D eigenvalue weighted by atomic mass is 9.90. The maximum Gasteiger partial charge on any atom is 0.225 e. The second-order valence-corrected chi connectivity index (χ2v) is 4.79. The molecule has 0 radical (unpaired) electrons. The third-order valence-electron chi connectivity index (χ3n) is 3.54. The summed E-state index contributed by atoms with van der Waals surface area (Å²) in [6.07, 6.45) is 9.04. The van der Waals surface area contributed by atoms with Gasteiger partial charge >= 0.3 is 0 Å². The van der Waals surface area contributed by atoms with Gasteiger partial charge in [-0.15, -0.1) is 0 Å². The molecule has 1 aromatic heterocycles. The molecule has 3 rings (SSSR count). The van der Waals surface area contributed by atoms with Gasteiger partial charge in [-0.2, -0.15) is 0 Å². The van der Waals surface area contributed by atoms with Gasteiger partial charge in [0.2, 0.25) is 5.78 Å². The second kappa shape index (κ2) is 4.05. The first-order chi connectivity index (χ1) is 8.72. The Balaban J connectivity index is 2.04. The third-order valence-corrected chi connectivity index (χ3v) is 3.54. The van der Waals surface area contributed by atoms with Crippen LogP contribution in [-0.4, -0.2) is 29.3 Å². The minimum Gasteiger partial charge on any atom is -0.382 e. The summed E-state index contributed by atoms with van der Waals surface area (Å²) in [6, 6.07) is 0.156. The summed E-state index contributed by atoms with van der Waals surface area (Å²) in [5, 5.41) is 3.22. The average molecular weight is 243 g/mol. The Morgan fingerprint density at radius 1 is 1.50 bits per heavy atom. The van der Waals surface area contributed by atoms with Crippen LogP contribution in [0.1, 0.15) is 41.0 Å². The number of aromatic amines is 1. The van der Waals surface area contributed by atoms with Crippen LogP contribution in [0.5, 0.6) is 0 Å². The predicted molar refractivity (Wildman–Crippen MR) is 71.0 cm³/mol. The fourth-order valence-corrected chi connectivity index (χ4v) is 2.56. The molecule has 4 nitrogen and oxygen atoms in total. The van der Waals surface area contributed by atoms with Crippen molar-refractivity contribution in [2.24, 2.45) is 0 Å². The Hall–Kier alpha value is -1.97. The first kappa shape index (κ1) is 11.1. The molecule has 0 amide bonds. The first-order valence-corrected chi connectivity index (χ1v) is 6.34. The van der Waals surface area contributed by atoms with E-state index in [4.69, 9.17) is 0 Å². The molecule has 1 aliphatic carbocycles. The van der Waals surface area contributed by atoms with Gasteiger partial charge in [0.15, 0.2) is 0 Å². The van der Waals surface area contributed by atoms with E-state index in [9.17, 15) is 4.79 Å². The number of nitrogens with one attached hydrogen (secondary N) is 2. The number of allylic oxidation sites excluding steroid dienone is 1. The number of H-pyrrole nitrogens is 1. The molecule has 94 valence electrons. The molecule has 0 saturated heterocycles. The normalized spacial score (nSPS) is 20.8. The largest absolute Gasteiger partial charge is 0.382 e. The number of nitrogens with zero attached hydrogens (tertiary/aromatic N) is 1. The molecule has 1 aliphatic heterocycles. The van der Waals surface area contributed by atoms with Gasteiger partial charge in [-0.25, -0.2) is 0 Å². The number of Topliss-reactive ketones (excluding diaryl/α,β-unsaturated/α-hetero) is 1. The zero-order valence-electron chi connectivity index (χ0n) is 10.7. The SMILES string of the molecule is CCCNC1=CC2c3c(c[nH]c3C1=O)C=CN2C. The number of rotatable bonds is 3. The van der Waals surface area contributed by atoms with Gasteiger partial charge in [0.25, 0.3) is 0 Å². The Bertz CT molecular complexity index is 553. The highest BCUT2D eigenvalue weighted by Crippen LogP contribution is 2.37. The van der Waals surface area contributed by atoms with Crippen molar-refractivity contribution in [2.75, 3.05) is 13.6 Å². The van der Waals surface area contributed by atoms with Crippen molar-refractivity contribution in [3.05, 3.63) is 41.0 Å². The van der Waals surface area contributed by atoms with Crippen molar-refractivity contribution in [1.29, 1.82) is 0 Å². The quantitative estimate of drug-likeness (QED) is 0.854. The maximum absolute atomic E-state index is 12.3. The van der Waals surface area contributed by atoms with Crippen LogP contribution in [-0.2, 0) is 0 Å². The van der Waals surface area contributed by atoms with Gasteiger partial charge in [-0.3, -0.25) is 4.79 Å². The number of ketones is 1. The lowest BCUT2D eigenvalue weighted by Crippen LogP contribution is -2.31. The van der Waals surface area contributed by atoms with Crippen LogP contribution in [0.4, 0.5) is 0 Å². The van der Waals surface area contributed by atoms with Gasteiger partial charge in [-0.1, -0.05) is 6.92 Å². The molecular formula is C14H17N3O. The number of hydrogen-bond acceptors (Lipinski definition) is 3. The minimum absolute atomic E-state index is 0.0737. The zero-order valence-corrected chi connectivity index (χ0v) is 10.7. The lowest BCUT2D eigenvalue weighted by molar-refractivity contribution is 0.101. The Morgan fingerprint density at radius 2 is 2.33 bits per heavy atom. The fourth-order valence-electron chi connectivity index (χ4n) is 2.56. The van der Waals surface area contributed by atoms with Gasteiger partial charge < -0.3 is 15.2 Å². The Labute approximate surface area is 106 Å². The van der Waals surface area contributed by atoms with Crippen LogP contribution in [0, 0.1) is 0 Å². The average Bonchev–Trinajstić information content (AvgIpc) is 2.80. The van der Waals surface area contributed by atoms with E-state index < -0.39 is 0 Å². The number of carbonyl (C=O) groups is 1. The molecule has 0 saturated carbocycles. The van der Waals surface area contributed by atoms with Crippen LogP contribution in [0.15, 0.2) is 24.2 Å². The lowest BCUT2D eigenvalue weighted by Gasteiger charge is -2.32. The fraction of sp³-hybridized carbons (Fsp3) is 0.357. The van der Waals surface area contributed by atoms with Crippen LogP contribution in [0.25, 0.3) is 6.08 Å². The van der Waals surface area contributed by atoms with Crippen LogP contribution in [0.2, 0.25) is 0 Å². The van der Waals surface area contributed by atoms with E-state index in [1.165, 1.54) is 0 Å². The summed E-state index contributed by atoms with van der Waals surface area (Å²) < 4.78 is 0. The smallest absolute Gasteiger partial charge is 0.225 e. The Morgan fingerprint density at radius 3 is 3.11 bits per heavy atom. The number of carbonyl (C=O) groups excluding carboxylic acids is 1. The van der Waals surface area contributed by atoms with Crippen molar-refractivity contribution in [3.63, 3.8) is 0 Å². The molecule has 1 aromatic rings. The number of hydrogen-bond donors (Lipinski definition) is 2. The summed E-state index contributed by atoms with van der Waals surface area (Å²) in [5.74, 6) is 0.0737. The monoisotopic (exact) mass is 243 g/mol. The van der Waals surface area contributed by atoms with Crippen molar-refractivity contribution >= 4 is 11.9 Å². The standard InChI is InChI=1S/C14H17N3O/c1-3-5-15-10-7-11-12-9(4-6-17(11)2)8-16-13(12)14(10)18/h4,6-8,11,15-16H,3,5H2,1-2H3. The molecule has 2 N–H and O–H groups in total. The molecule has 4 heteroatoms. The van der Waals surface area contributed by atoms with Gasteiger partial charge in [-0.05, 0) is 24.1 Å². The van der Waals surface area contributed by atoms with E-state index in [1.54, 1.807) is 0 Å². The molecule has 0 spiro atoms. The molecule has 18 heavy (non-hydrogen) atoms. The molecule has 0 bridgehead atoms. The van der Waals surface area contributed by atoms with Gasteiger partial charge in [0, 0.05) is 31.6 Å². The summed E-state index contributed by atoms with van der Waals surface area (Å²) in [7, 11) is 2.03. The predicted octanol–water partition coefficient (Wildman–Crippen LogP) is 2.05. The van der Waals surface area contributed by atoms with E-state index in [0.717, 1.165) is 29.8 Å². The first-order valence-electron chi connectivity index (χ1n) is 6.34. The van der Waals surface area contributed by atoms with E-state index >= 15 is 0 Å². The van der Waals surface area contributed by atoms with Crippen molar-refractivity contribution in [2.45, 2.75) is 19.4 Å². The maximum atomic E-state index is 12.3. The highest BCUT2D eigenvalue weighted by Gasteiger charge is 2.33. The van der Waals surface area contributed by atoms with Gasteiger partial charge in [0.1, 0.15) is 0 Å². The molecule has 2 aliphatic rings. The number of likely N-dealkylation sites (N-methyl/N-ethyl adjacent to an activating group) is 1. The van der Waals surface area contributed by atoms with Crippen molar-refractivity contribution in [3.8, 4) is 0 Å². The van der Waals surface area contributed by atoms with Crippen LogP contribution < -0.4 is 5.32 Å². The minimum atomic E-state index is 0.0737. The second-order valence-electron chi connectivity index (χ2n) is 4.79. The summed E-state index contributed by atoms with van der Waals surface area (Å²) in [4.78, 5) is 17.6. The highest BCUT2D eigenvalue weighted by molar-refractivity contribution is 6.10. The molecule has 1 unspecified atom stereocenters. The molecular weight excluding hydrogens is 226 g/mol. The van der Waals surface area contributed by atoms with Crippen LogP contribution in [0.3, 0.4) is 0 Å². The summed E-state index contributed by atoms with van der Waals surface area (Å²) in [5.41, 5.74) is 3.66. The summed E-state index contributed by atoms with van der Waals surface area (Å²) in [6.45, 7) is 2.92. The number of aromatic nitrogens is 1. The Kier molecular flexibility index (Phi) is 2.51. The van der Waals surface area contributed by atoms with Gasteiger partial charge in [0.05, 0.1) is 17.4 Å². The third kappa shape index (κ3) is 1.49. The van der Waals surface area contributed by atoms with E-state index in [-0.39, 0.29) is 11.8 Å². The molecule has 1 atom stereocenters. The summed E-state index contributed by atoms with van der Waals surface area (Å²) >= 11 is 0. The van der Waals surface area contributed by atoms with Crippen molar-refractivity contribution in [1.82, 2.24) is 15.2 Å². The molecule has 0 aromatic carbocycles. The van der Waals surface area contributed by atoms with E-state index in [1.807, 2.05) is 31.6 Å². The van der Waals surface area contributed by atoms with Crippen LogP contribution >= 0.6 is 0 Å². The molecule has 0 fully saturated rings. The van der Waals surface area contributed by atoms with E-state index in [2.05, 4.69) is 22.1 Å². The van der Waals surface area contributed by atoms with E-state index in [0.29, 0.717) is 5.70 Å². The van der Waals surface area contributed by atoms with Crippen molar-refractivity contribution < 1.29 is 4.79 Å². The molecule has 2 heterocycles. The highest BCUT2D eigenvalue weighted by atomic mass is 16.1. The topological polar surface area (TPSA) is 48.1 Å².